The fourth-order valence-corrected chi connectivity index (χ4v) is 1.78. The molecular formula is C13H18ClNO3. The standard InChI is InChI=1S/C13H18ClNO3/c1-9-6-10(14)2-3-13(9)18-8-12(17)7-11(16)4-5-15/h2-3,6,11,16H,4-5,7-8,15H2,1H3/t11-/m0/s1. The van der Waals surface area contributed by atoms with E-state index in [4.69, 9.17) is 22.1 Å². The van der Waals surface area contributed by atoms with Crippen molar-refractivity contribution in [3.8, 4) is 5.75 Å². The number of hydrogen-bond donors (Lipinski definition) is 2. The Morgan fingerprint density at radius 3 is 2.89 bits per heavy atom. The summed E-state index contributed by atoms with van der Waals surface area (Å²) in [5.74, 6) is 0.478. The van der Waals surface area contributed by atoms with Crippen molar-refractivity contribution in [2.24, 2.45) is 5.73 Å². The van der Waals surface area contributed by atoms with Crippen molar-refractivity contribution in [3.63, 3.8) is 0 Å². The summed E-state index contributed by atoms with van der Waals surface area (Å²) in [7, 11) is 0. The van der Waals surface area contributed by atoms with Gasteiger partial charge in [0.05, 0.1) is 6.10 Å². The zero-order valence-electron chi connectivity index (χ0n) is 10.4. The number of hydrogen-bond acceptors (Lipinski definition) is 4. The van der Waals surface area contributed by atoms with E-state index in [1.54, 1.807) is 18.2 Å². The van der Waals surface area contributed by atoms with E-state index < -0.39 is 6.10 Å². The molecule has 0 saturated carbocycles. The molecule has 0 aliphatic rings. The van der Waals surface area contributed by atoms with Gasteiger partial charge in [0.2, 0.25) is 0 Å². The van der Waals surface area contributed by atoms with Gasteiger partial charge in [0.25, 0.3) is 0 Å². The van der Waals surface area contributed by atoms with E-state index in [1.807, 2.05) is 6.92 Å². The van der Waals surface area contributed by atoms with E-state index in [0.29, 0.717) is 23.7 Å². The van der Waals surface area contributed by atoms with Crippen molar-refractivity contribution >= 4 is 17.4 Å². The molecular weight excluding hydrogens is 254 g/mol. The normalized spacial score (nSPS) is 12.2. The molecule has 0 heterocycles. The number of aliphatic hydroxyl groups is 1. The second-order valence-electron chi connectivity index (χ2n) is 4.17. The van der Waals surface area contributed by atoms with Crippen molar-refractivity contribution in [2.45, 2.75) is 25.9 Å². The van der Waals surface area contributed by atoms with Crippen LogP contribution in [0.25, 0.3) is 0 Å². The molecule has 0 aromatic heterocycles. The van der Waals surface area contributed by atoms with Gasteiger partial charge in [-0.05, 0) is 43.7 Å². The average Bonchev–Trinajstić information content (AvgIpc) is 2.28. The summed E-state index contributed by atoms with van der Waals surface area (Å²) in [6.45, 7) is 2.17. The Hall–Kier alpha value is -1.10. The predicted molar refractivity (Wildman–Crippen MR) is 71.0 cm³/mol. The summed E-state index contributed by atoms with van der Waals surface area (Å²) in [5, 5.41) is 10.1. The fraction of sp³-hybridized carbons (Fsp3) is 0.462. The van der Waals surface area contributed by atoms with Crippen molar-refractivity contribution < 1.29 is 14.6 Å². The van der Waals surface area contributed by atoms with Crippen LogP contribution in [-0.2, 0) is 4.79 Å². The predicted octanol–water partition coefficient (Wildman–Crippen LogP) is 1.70. The quantitative estimate of drug-likeness (QED) is 0.792. The summed E-state index contributed by atoms with van der Waals surface area (Å²) in [4.78, 5) is 11.5. The highest BCUT2D eigenvalue weighted by molar-refractivity contribution is 6.30. The van der Waals surface area contributed by atoms with Gasteiger partial charge in [-0.15, -0.1) is 0 Å². The van der Waals surface area contributed by atoms with E-state index in [1.165, 1.54) is 0 Å². The van der Waals surface area contributed by atoms with Crippen LogP contribution in [0.15, 0.2) is 18.2 Å². The van der Waals surface area contributed by atoms with Gasteiger partial charge in [-0.2, -0.15) is 0 Å². The summed E-state index contributed by atoms with van der Waals surface area (Å²) < 4.78 is 5.38. The van der Waals surface area contributed by atoms with Gasteiger partial charge in [-0.3, -0.25) is 4.79 Å². The highest BCUT2D eigenvalue weighted by Crippen LogP contribution is 2.21. The monoisotopic (exact) mass is 271 g/mol. The molecule has 0 saturated heterocycles. The van der Waals surface area contributed by atoms with E-state index in [2.05, 4.69) is 0 Å². The first-order chi connectivity index (χ1) is 8.52. The lowest BCUT2D eigenvalue weighted by molar-refractivity contribution is -0.122. The van der Waals surface area contributed by atoms with Crippen LogP contribution < -0.4 is 10.5 Å². The van der Waals surface area contributed by atoms with Crippen LogP contribution in [0.3, 0.4) is 0 Å². The molecule has 3 N–H and O–H groups in total. The Labute approximate surface area is 112 Å². The Balaban J connectivity index is 2.42. The molecule has 100 valence electrons. The lowest BCUT2D eigenvalue weighted by atomic mass is 10.1. The van der Waals surface area contributed by atoms with Gasteiger partial charge in [0.15, 0.2) is 5.78 Å². The Bertz CT molecular complexity index is 409. The molecule has 0 spiro atoms. The second-order valence-corrected chi connectivity index (χ2v) is 4.61. The van der Waals surface area contributed by atoms with Crippen LogP contribution in [0.4, 0.5) is 0 Å². The summed E-state index contributed by atoms with van der Waals surface area (Å²) in [5.41, 5.74) is 6.16. The number of carbonyl (C=O) groups excluding carboxylic acids is 1. The highest BCUT2D eigenvalue weighted by atomic mass is 35.5. The summed E-state index contributed by atoms with van der Waals surface area (Å²) in [6, 6.07) is 5.20. The minimum absolute atomic E-state index is 0.0515. The molecule has 0 amide bonds. The highest BCUT2D eigenvalue weighted by Gasteiger charge is 2.11. The van der Waals surface area contributed by atoms with E-state index >= 15 is 0 Å². The molecule has 0 aliphatic carbocycles. The topological polar surface area (TPSA) is 72.5 Å². The van der Waals surface area contributed by atoms with Crippen LogP contribution >= 0.6 is 11.6 Å². The molecule has 18 heavy (non-hydrogen) atoms. The van der Waals surface area contributed by atoms with Gasteiger partial charge >= 0.3 is 0 Å². The summed E-state index contributed by atoms with van der Waals surface area (Å²) >= 11 is 5.82. The molecule has 1 aromatic carbocycles. The molecule has 0 unspecified atom stereocenters. The van der Waals surface area contributed by atoms with E-state index in [0.717, 1.165) is 5.56 Å². The Kier molecular flexibility index (Phi) is 6.12. The van der Waals surface area contributed by atoms with Crippen molar-refractivity contribution in [3.05, 3.63) is 28.8 Å². The third kappa shape index (κ3) is 5.04. The van der Waals surface area contributed by atoms with E-state index in [-0.39, 0.29) is 18.8 Å². The number of aryl methyl sites for hydroxylation is 1. The number of carbonyl (C=O) groups is 1. The Morgan fingerprint density at radius 1 is 1.56 bits per heavy atom. The summed E-state index contributed by atoms with van der Waals surface area (Å²) in [6.07, 6.45) is -0.187. The lowest BCUT2D eigenvalue weighted by Crippen LogP contribution is -2.21. The fourth-order valence-electron chi connectivity index (χ4n) is 1.55. The first-order valence-corrected chi connectivity index (χ1v) is 6.19. The third-order valence-corrected chi connectivity index (χ3v) is 2.72. The van der Waals surface area contributed by atoms with Gasteiger partial charge in [0.1, 0.15) is 12.4 Å². The number of ketones is 1. The maximum atomic E-state index is 11.5. The smallest absolute Gasteiger partial charge is 0.172 e. The average molecular weight is 272 g/mol. The van der Waals surface area contributed by atoms with Crippen molar-refractivity contribution in [1.82, 2.24) is 0 Å². The first kappa shape index (κ1) is 15.0. The van der Waals surface area contributed by atoms with Crippen LogP contribution in [0.2, 0.25) is 5.02 Å². The minimum Gasteiger partial charge on any atom is -0.486 e. The van der Waals surface area contributed by atoms with Crippen LogP contribution in [0.1, 0.15) is 18.4 Å². The number of aliphatic hydroxyl groups excluding tert-OH is 1. The molecule has 0 bridgehead atoms. The van der Waals surface area contributed by atoms with Gasteiger partial charge < -0.3 is 15.6 Å². The van der Waals surface area contributed by atoms with Gasteiger partial charge in [-0.1, -0.05) is 11.6 Å². The second kappa shape index (κ2) is 7.36. The number of Topliss-reactive ketones (excluding diaryl/α,β-unsaturated/α-hetero) is 1. The van der Waals surface area contributed by atoms with Crippen molar-refractivity contribution in [2.75, 3.05) is 13.2 Å². The molecule has 1 aromatic rings. The molecule has 5 heteroatoms. The van der Waals surface area contributed by atoms with Gasteiger partial charge in [-0.25, -0.2) is 0 Å². The number of halogens is 1. The molecule has 1 atom stereocenters. The van der Waals surface area contributed by atoms with E-state index in [9.17, 15) is 9.90 Å². The molecule has 1 rings (SSSR count). The lowest BCUT2D eigenvalue weighted by Gasteiger charge is -2.11. The number of nitrogens with two attached hydrogens (primary N) is 1. The number of rotatable bonds is 7. The molecule has 0 aliphatic heterocycles. The molecule has 0 fully saturated rings. The molecule has 0 radical (unpaired) electrons. The number of benzene rings is 1. The maximum absolute atomic E-state index is 11.5. The SMILES string of the molecule is Cc1cc(Cl)ccc1OCC(=O)C[C@@H](O)CCN. The van der Waals surface area contributed by atoms with Gasteiger partial charge in [0, 0.05) is 11.4 Å². The van der Waals surface area contributed by atoms with Crippen molar-refractivity contribution in [1.29, 1.82) is 0 Å². The first-order valence-electron chi connectivity index (χ1n) is 5.81. The zero-order valence-corrected chi connectivity index (χ0v) is 11.1. The maximum Gasteiger partial charge on any atom is 0.172 e. The zero-order chi connectivity index (χ0) is 13.5. The third-order valence-electron chi connectivity index (χ3n) is 2.49. The van der Waals surface area contributed by atoms with Crippen LogP contribution in [0.5, 0.6) is 5.75 Å². The van der Waals surface area contributed by atoms with Crippen LogP contribution in [-0.4, -0.2) is 30.1 Å². The number of ether oxygens (including phenoxy) is 1. The Morgan fingerprint density at radius 2 is 2.28 bits per heavy atom. The largest absolute Gasteiger partial charge is 0.486 e. The molecule has 4 nitrogen and oxygen atoms in total. The minimum atomic E-state index is -0.683. The van der Waals surface area contributed by atoms with Crippen LogP contribution in [0, 0.1) is 6.92 Å².